The first-order valence-electron chi connectivity index (χ1n) is 13.3. The van der Waals surface area contributed by atoms with Gasteiger partial charge in [0.25, 0.3) is 11.2 Å². The summed E-state index contributed by atoms with van der Waals surface area (Å²) in [4.78, 5) is 43.2. The number of nitro groups is 1. The predicted molar refractivity (Wildman–Crippen MR) is 158 cm³/mol. The molecule has 0 spiro atoms. The van der Waals surface area contributed by atoms with Crippen LogP contribution < -0.4 is 19.6 Å². The number of nitro benzene ring substituents is 1. The van der Waals surface area contributed by atoms with Crippen molar-refractivity contribution in [2.24, 2.45) is 4.99 Å². The Balaban J connectivity index is 1.62. The number of carbonyl (C=O) groups excluding carboxylic acids is 1. The van der Waals surface area contributed by atoms with Gasteiger partial charge < -0.3 is 13.9 Å². The SMILES string of the molecule is CCOC(=O)C1=C(C)N=c2s/c(=C\c3ccc(-c4ccc(OC)cc4[N+](=O)[O-])o3)c(=O)n2C1c1ccc(C(C)C)cc1. The molecule has 2 aromatic heterocycles. The van der Waals surface area contributed by atoms with Gasteiger partial charge in [0.2, 0.25) is 0 Å². The lowest BCUT2D eigenvalue weighted by atomic mass is 9.93. The number of aromatic nitrogens is 1. The predicted octanol–water partition coefficient (Wildman–Crippen LogP) is 5.10. The van der Waals surface area contributed by atoms with E-state index in [2.05, 4.69) is 18.8 Å². The van der Waals surface area contributed by atoms with Crippen LogP contribution in [0.2, 0.25) is 0 Å². The minimum Gasteiger partial charge on any atom is -0.497 e. The maximum Gasteiger partial charge on any atom is 0.338 e. The molecule has 216 valence electrons. The van der Waals surface area contributed by atoms with Gasteiger partial charge in [-0.1, -0.05) is 49.4 Å². The zero-order chi connectivity index (χ0) is 30.1. The molecule has 4 aromatic rings. The second-order valence-electron chi connectivity index (χ2n) is 9.97. The fourth-order valence-corrected chi connectivity index (χ4v) is 5.90. The van der Waals surface area contributed by atoms with Crippen LogP contribution in [-0.4, -0.2) is 29.2 Å². The molecule has 11 heteroatoms. The van der Waals surface area contributed by atoms with E-state index in [1.165, 1.54) is 29.1 Å². The number of ether oxygens (including phenoxy) is 2. The van der Waals surface area contributed by atoms with Crippen molar-refractivity contribution in [3.05, 3.63) is 113 Å². The summed E-state index contributed by atoms with van der Waals surface area (Å²) >= 11 is 1.17. The third-order valence-electron chi connectivity index (χ3n) is 7.00. The third-order valence-corrected chi connectivity index (χ3v) is 7.99. The second kappa shape index (κ2) is 11.6. The van der Waals surface area contributed by atoms with E-state index in [0.29, 0.717) is 38.0 Å². The van der Waals surface area contributed by atoms with Gasteiger partial charge in [0.05, 0.1) is 52.1 Å². The van der Waals surface area contributed by atoms with Crippen LogP contribution in [0.15, 0.2) is 80.1 Å². The Morgan fingerprint density at radius 2 is 1.93 bits per heavy atom. The molecule has 0 bridgehead atoms. The maximum atomic E-state index is 13.9. The number of hydrogen-bond donors (Lipinski definition) is 0. The number of carbonyl (C=O) groups is 1. The number of nitrogens with zero attached hydrogens (tertiary/aromatic N) is 3. The first-order valence-corrected chi connectivity index (χ1v) is 14.2. The summed E-state index contributed by atoms with van der Waals surface area (Å²) in [6.07, 6.45) is 1.57. The van der Waals surface area contributed by atoms with Gasteiger partial charge in [-0.15, -0.1) is 0 Å². The number of furan rings is 1. The van der Waals surface area contributed by atoms with Crippen LogP contribution in [0.3, 0.4) is 0 Å². The van der Waals surface area contributed by atoms with Crippen molar-refractivity contribution in [2.45, 2.75) is 39.7 Å². The Hall–Kier alpha value is -4.77. The standard InChI is InChI=1S/C31H29N3O7S/c1-6-40-30(36)27-18(4)32-31-33(28(27)20-9-7-19(8-10-20)17(2)3)29(35)26(42-31)16-22-12-14-25(41-22)23-13-11-21(39-5)15-24(23)34(37)38/h7-17,28H,6H2,1-5H3/b26-16-. The van der Waals surface area contributed by atoms with Crippen LogP contribution in [0.4, 0.5) is 5.69 Å². The van der Waals surface area contributed by atoms with Crippen LogP contribution in [0.25, 0.3) is 17.4 Å². The summed E-state index contributed by atoms with van der Waals surface area (Å²) in [5.74, 6) is 0.749. The first-order chi connectivity index (χ1) is 20.1. The van der Waals surface area contributed by atoms with Gasteiger partial charge in [-0.05, 0) is 55.2 Å². The fourth-order valence-electron chi connectivity index (χ4n) is 4.87. The van der Waals surface area contributed by atoms with Gasteiger partial charge >= 0.3 is 5.97 Å². The third kappa shape index (κ3) is 5.30. The number of thiazole rings is 1. The lowest BCUT2D eigenvalue weighted by Crippen LogP contribution is -2.39. The molecule has 3 heterocycles. The molecule has 1 unspecified atom stereocenters. The summed E-state index contributed by atoms with van der Waals surface area (Å²) in [5, 5.41) is 11.7. The molecule has 1 atom stereocenters. The summed E-state index contributed by atoms with van der Waals surface area (Å²) in [5.41, 5.74) is 2.44. The Bertz CT molecular complexity index is 1900. The highest BCUT2D eigenvalue weighted by molar-refractivity contribution is 7.07. The van der Waals surface area contributed by atoms with E-state index in [4.69, 9.17) is 13.9 Å². The topological polar surface area (TPSA) is 126 Å². The van der Waals surface area contributed by atoms with E-state index >= 15 is 0 Å². The van der Waals surface area contributed by atoms with Gasteiger partial charge in [0, 0.05) is 6.08 Å². The average molecular weight is 588 g/mol. The van der Waals surface area contributed by atoms with Crippen LogP contribution in [0.1, 0.15) is 56.5 Å². The molecule has 5 rings (SSSR count). The number of hydrogen-bond acceptors (Lipinski definition) is 9. The number of allylic oxidation sites excluding steroid dienone is 1. The molecule has 0 saturated carbocycles. The monoisotopic (exact) mass is 587 g/mol. The fraction of sp³-hybridized carbons (Fsp3) is 0.258. The minimum atomic E-state index is -0.724. The van der Waals surface area contributed by atoms with Crippen LogP contribution in [0.5, 0.6) is 5.75 Å². The molecule has 10 nitrogen and oxygen atoms in total. The summed E-state index contributed by atoms with van der Waals surface area (Å²) < 4.78 is 18.2. The van der Waals surface area contributed by atoms with Crippen molar-refractivity contribution in [2.75, 3.05) is 13.7 Å². The number of esters is 1. The summed E-state index contributed by atoms with van der Waals surface area (Å²) in [6, 6.07) is 14.9. The molecule has 2 aromatic carbocycles. The highest BCUT2D eigenvalue weighted by atomic mass is 32.1. The lowest BCUT2D eigenvalue weighted by Gasteiger charge is -2.25. The van der Waals surface area contributed by atoms with Gasteiger partial charge in [-0.3, -0.25) is 19.5 Å². The Morgan fingerprint density at radius 3 is 2.57 bits per heavy atom. The molecule has 0 radical (unpaired) electrons. The minimum absolute atomic E-state index is 0.167. The van der Waals surface area contributed by atoms with Crippen LogP contribution >= 0.6 is 11.3 Å². The second-order valence-corrected chi connectivity index (χ2v) is 11.0. The molecule has 0 amide bonds. The summed E-state index contributed by atoms with van der Waals surface area (Å²) in [6.45, 7) is 7.84. The van der Waals surface area contributed by atoms with Crippen molar-refractivity contribution in [1.29, 1.82) is 0 Å². The first kappa shape index (κ1) is 28.7. The quantitative estimate of drug-likeness (QED) is 0.160. The number of methoxy groups -OCH3 is 1. The van der Waals surface area contributed by atoms with Crippen LogP contribution in [0, 0.1) is 10.1 Å². The van der Waals surface area contributed by atoms with E-state index in [-0.39, 0.29) is 29.2 Å². The molecule has 0 fully saturated rings. The molecule has 1 aliphatic heterocycles. The maximum absolute atomic E-state index is 13.9. The molecule has 42 heavy (non-hydrogen) atoms. The molecule has 0 aliphatic carbocycles. The Morgan fingerprint density at radius 1 is 1.19 bits per heavy atom. The van der Waals surface area contributed by atoms with Gasteiger partial charge in [0.1, 0.15) is 17.3 Å². The Labute approximate surface area is 245 Å². The van der Waals surface area contributed by atoms with Crippen molar-refractivity contribution >= 4 is 29.1 Å². The highest BCUT2D eigenvalue weighted by Crippen LogP contribution is 2.35. The van der Waals surface area contributed by atoms with Gasteiger partial charge in [0.15, 0.2) is 4.80 Å². The molecule has 1 aliphatic rings. The molecule has 0 saturated heterocycles. The van der Waals surface area contributed by atoms with E-state index in [1.54, 1.807) is 44.2 Å². The van der Waals surface area contributed by atoms with Crippen molar-refractivity contribution < 1.29 is 23.6 Å². The van der Waals surface area contributed by atoms with Gasteiger partial charge in [-0.2, -0.15) is 0 Å². The smallest absolute Gasteiger partial charge is 0.338 e. The number of benzene rings is 2. The van der Waals surface area contributed by atoms with Crippen LogP contribution in [-0.2, 0) is 9.53 Å². The highest BCUT2D eigenvalue weighted by Gasteiger charge is 2.33. The van der Waals surface area contributed by atoms with E-state index in [1.807, 2.05) is 24.3 Å². The van der Waals surface area contributed by atoms with Crippen molar-refractivity contribution in [1.82, 2.24) is 4.57 Å². The lowest BCUT2D eigenvalue weighted by molar-refractivity contribution is -0.384. The van der Waals surface area contributed by atoms with E-state index < -0.39 is 16.9 Å². The van der Waals surface area contributed by atoms with E-state index in [0.717, 1.165) is 11.1 Å². The average Bonchev–Trinajstić information content (AvgIpc) is 3.56. The zero-order valence-electron chi connectivity index (χ0n) is 23.7. The van der Waals surface area contributed by atoms with Crippen molar-refractivity contribution in [3.63, 3.8) is 0 Å². The molecular formula is C31H29N3O7S. The number of fused-ring (bicyclic) bond motifs is 1. The zero-order valence-corrected chi connectivity index (χ0v) is 24.6. The molecular weight excluding hydrogens is 558 g/mol. The van der Waals surface area contributed by atoms with Crippen molar-refractivity contribution in [3.8, 4) is 17.1 Å². The van der Waals surface area contributed by atoms with Gasteiger partial charge in [-0.25, -0.2) is 9.79 Å². The summed E-state index contributed by atoms with van der Waals surface area (Å²) in [7, 11) is 1.43. The Kier molecular flexibility index (Phi) is 7.95. The number of rotatable bonds is 8. The largest absolute Gasteiger partial charge is 0.497 e. The normalized spacial score (nSPS) is 15.0. The molecule has 0 N–H and O–H groups in total. The van der Waals surface area contributed by atoms with E-state index in [9.17, 15) is 19.7 Å².